The van der Waals surface area contributed by atoms with Crippen LogP contribution >= 0.6 is 0 Å². The van der Waals surface area contributed by atoms with Gasteiger partial charge in [0, 0.05) is 49.7 Å². The third-order valence-electron chi connectivity index (χ3n) is 10.1. The second-order valence-electron chi connectivity index (χ2n) is 12.7. The molecule has 3 aliphatic heterocycles. The van der Waals surface area contributed by atoms with Crippen molar-refractivity contribution in [3.63, 3.8) is 0 Å². The Labute approximate surface area is 264 Å². The van der Waals surface area contributed by atoms with Crippen LogP contribution in [0, 0.1) is 0 Å². The molecule has 0 N–H and O–H groups in total. The zero-order valence-electron chi connectivity index (χ0n) is 25.9. The molecule has 2 aromatic rings. The van der Waals surface area contributed by atoms with Gasteiger partial charge in [0.15, 0.2) is 0 Å². The molecule has 2 atom stereocenters. The summed E-state index contributed by atoms with van der Waals surface area (Å²) in [4.78, 5) is 27.6. The largest absolute Gasteiger partial charge is 1.00 e. The Morgan fingerprint density at radius 1 is 0.767 bits per heavy atom. The van der Waals surface area contributed by atoms with E-state index in [-0.39, 0.29) is 25.1 Å². The summed E-state index contributed by atoms with van der Waals surface area (Å²) >= 11 is 0. The molecular weight excluding hydrogens is 562 g/mol. The summed E-state index contributed by atoms with van der Waals surface area (Å²) in [5, 5.41) is 0. The molecule has 2 unspecified atom stereocenters. The number of benzene rings is 2. The van der Waals surface area contributed by atoms with E-state index in [4.69, 9.17) is 14.2 Å². The van der Waals surface area contributed by atoms with Gasteiger partial charge in [-0.2, -0.15) is 0 Å². The SMILES string of the molecule is CCCCCCCCCCOC(=O)OC(C(=O)OC1CC2CCC(C1)[N+]21CCCC1)(c1ccccc1)c1ccccc1.[Cl-]. The Balaban J connectivity index is 0.00000423. The van der Waals surface area contributed by atoms with Crippen LogP contribution in [0.2, 0.25) is 0 Å². The Kier molecular flexibility index (Phi) is 12.4. The third kappa shape index (κ3) is 7.57. The van der Waals surface area contributed by atoms with Crippen molar-refractivity contribution in [2.45, 2.75) is 121 Å². The molecule has 43 heavy (non-hydrogen) atoms. The molecule has 236 valence electrons. The van der Waals surface area contributed by atoms with E-state index in [9.17, 15) is 9.59 Å². The van der Waals surface area contributed by atoms with Crippen molar-refractivity contribution < 1.29 is 40.7 Å². The fraction of sp³-hybridized carbons (Fsp3) is 0.611. The van der Waals surface area contributed by atoms with E-state index in [1.165, 1.54) is 75.4 Å². The minimum absolute atomic E-state index is 0. The molecule has 2 aromatic carbocycles. The molecule has 3 fully saturated rings. The van der Waals surface area contributed by atoms with E-state index in [0.717, 1.165) is 32.1 Å². The van der Waals surface area contributed by atoms with E-state index < -0.39 is 17.7 Å². The Bertz CT molecular complexity index is 1080. The monoisotopic (exact) mass is 611 g/mol. The molecule has 0 amide bonds. The van der Waals surface area contributed by atoms with Crippen molar-refractivity contribution in [2.24, 2.45) is 0 Å². The van der Waals surface area contributed by atoms with Crippen LogP contribution < -0.4 is 12.4 Å². The average molecular weight is 612 g/mol. The molecule has 2 bridgehead atoms. The zero-order chi connectivity index (χ0) is 29.3. The molecule has 3 saturated heterocycles. The van der Waals surface area contributed by atoms with Gasteiger partial charge in [-0.3, -0.25) is 0 Å². The first-order valence-corrected chi connectivity index (χ1v) is 16.6. The number of halogens is 1. The maximum absolute atomic E-state index is 14.4. The van der Waals surface area contributed by atoms with Gasteiger partial charge in [-0.25, -0.2) is 9.59 Å². The van der Waals surface area contributed by atoms with Crippen molar-refractivity contribution in [2.75, 3.05) is 19.7 Å². The lowest BCUT2D eigenvalue weighted by atomic mass is 9.85. The van der Waals surface area contributed by atoms with Crippen LogP contribution in [0.5, 0.6) is 0 Å². The van der Waals surface area contributed by atoms with Crippen LogP contribution in [0.25, 0.3) is 0 Å². The lowest BCUT2D eigenvalue weighted by molar-refractivity contribution is -0.956. The van der Waals surface area contributed by atoms with E-state index >= 15 is 0 Å². The predicted molar refractivity (Wildman–Crippen MR) is 164 cm³/mol. The van der Waals surface area contributed by atoms with Crippen molar-refractivity contribution in [1.82, 2.24) is 0 Å². The van der Waals surface area contributed by atoms with Gasteiger partial charge in [-0.1, -0.05) is 113 Å². The number of piperidine rings is 1. The number of carbonyl (C=O) groups excluding carboxylic acids is 2. The quantitative estimate of drug-likeness (QED) is 0.169. The number of unbranched alkanes of at least 4 members (excludes halogenated alkanes) is 7. The highest BCUT2D eigenvalue weighted by Crippen LogP contribution is 2.47. The maximum atomic E-state index is 14.4. The first kappa shape index (κ1) is 33.3. The van der Waals surface area contributed by atoms with Crippen LogP contribution in [0.1, 0.15) is 108 Å². The topological polar surface area (TPSA) is 61.8 Å². The zero-order valence-corrected chi connectivity index (χ0v) is 26.6. The molecule has 1 spiro atoms. The fourth-order valence-electron chi connectivity index (χ4n) is 7.99. The van der Waals surface area contributed by atoms with Gasteiger partial charge in [0.05, 0.1) is 31.8 Å². The van der Waals surface area contributed by atoms with Crippen LogP contribution in [0.3, 0.4) is 0 Å². The fourth-order valence-corrected chi connectivity index (χ4v) is 7.99. The van der Waals surface area contributed by atoms with Crippen molar-refractivity contribution in [3.05, 3.63) is 71.8 Å². The normalized spacial score (nSPS) is 22.1. The summed E-state index contributed by atoms with van der Waals surface area (Å²) in [5.41, 5.74) is -0.617. The van der Waals surface area contributed by atoms with E-state index in [0.29, 0.717) is 23.2 Å². The summed E-state index contributed by atoms with van der Waals surface area (Å²) in [5.74, 6) is -0.539. The van der Waals surface area contributed by atoms with Crippen molar-refractivity contribution >= 4 is 12.1 Å². The minimum Gasteiger partial charge on any atom is -1.00 e. The number of ether oxygens (including phenoxy) is 3. The van der Waals surface area contributed by atoms with Crippen LogP contribution in [-0.2, 0) is 24.6 Å². The van der Waals surface area contributed by atoms with Crippen molar-refractivity contribution in [1.29, 1.82) is 0 Å². The van der Waals surface area contributed by atoms with Crippen LogP contribution in [-0.4, -0.2) is 54.5 Å². The minimum atomic E-state index is -1.74. The third-order valence-corrected chi connectivity index (χ3v) is 10.1. The van der Waals surface area contributed by atoms with Gasteiger partial charge >= 0.3 is 12.1 Å². The van der Waals surface area contributed by atoms with Gasteiger partial charge in [0.25, 0.3) is 5.60 Å². The second-order valence-corrected chi connectivity index (χ2v) is 12.7. The van der Waals surface area contributed by atoms with E-state index in [2.05, 4.69) is 6.92 Å². The van der Waals surface area contributed by atoms with E-state index in [1.54, 1.807) is 0 Å². The summed E-state index contributed by atoms with van der Waals surface area (Å²) in [6.45, 7) is 5.03. The summed E-state index contributed by atoms with van der Waals surface area (Å²) in [6, 6.07) is 19.7. The number of rotatable bonds is 14. The van der Waals surface area contributed by atoms with Gasteiger partial charge in [-0.05, 0) is 6.42 Å². The molecule has 3 heterocycles. The second kappa shape index (κ2) is 15.9. The highest BCUT2D eigenvalue weighted by molar-refractivity contribution is 5.88. The highest BCUT2D eigenvalue weighted by atomic mass is 35.5. The number of quaternary nitrogens is 1. The van der Waals surface area contributed by atoms with Gasteiger partial charge < -0.3 is 31.1 Å². The molecule has 5 rings (SSSR count). The predicted octanol–water partition coefficient (Wildman–Crippen LogP) is 5.08. The summed E-state index contributed by atoms with van der Waals surface area (Å²) in [6.07, 6.45) is 15.0. The Hall–Kier alpha value is -2.57. The number of esters is 1. The van der Waals surface area contributed by atoms with Crippen molar-refractivity contribution in [3.8, 4) is 0 Å². The van der Waals surface area contributed by atoms with Gasteiger partial charge in [0.1, 0.15) is 6.10 Å². The van der Waals surface area contributed by atoms with Crippen LogP contribution in [0.4, 0.5) is 4.79 Å². The number of carbonyl (C=O) groups is 2. The molecule has 0 aromatic heterocycles. The molecule has 0 aliphatic carbocycles. The van der Waals surface area contributed by atoms with Gasteiger partial charge in [0.2, 0.25) is 0 Å². The maximum Gasteiger partial charge on any atom is 0.510 e. The van der Waals surface area contributed by atoms with Gasteiger partial charge in [-0.15, -0.1) is 0 Å². The standard InChI is InChI=1S/C36H50NO5.ClH/c1-2-3-4-5-6-7-8-17-26-40-35(39)42-36(29-18-11-9-12-19-29,30-20-13-10-14-21-30)34(38)41-33-27-31-22-23-32(28-33)37(31)24-15-16-25-37;/h9-14,18-21,31-33H,2-8,15-17,22-28H2,1H3;1H/q+1;/p-1. The highest BCUT2D eigenvalue weighted by Gasteiger charge is 2.57. The number of hydrogen-bond acceptors (Lipinski definition) is 5. The molecular formula is C36H50ClNO5. The summed E-state index contributed by atoms with van der Waals surface area (Å²) < 4.78 is 19.3. The summed E-state index contributed by atoms with van der Waals surface area (Å²) in [7, 11) is 0. The molecule has 3 aliphatic rings. The Morgan fingerprint density at radius 3 is 1.81 bits per heavy atom. The smallest absolute Gasteiger partial charge is 0.510 e. The first-order chi connectivity index (χ1) is 20.6. The molecule has 7 heteroatoms. The molecule has 0 saturated carbocycles. The lowest BCUT2D eigenvalue weighted by Crippen LogP contribution is -3.00. The number of nitrogens with zero attached hydrogens (tertiary/aromatic N) is 1. The first-order valence-electron chi connectivity index (χ1n) is 16.6. The molecule has 6 nitrogen and oxygen atoms in total. The van der Waals surface area contributed by atoms with E-state index in [1.807, 2.05) is 60.7 Å². The lowest BCUT2D eigenvalue weighted by Gasteiger charge is -2.47. The Morgan fingerprint density at radius 2 is 1.28 bits per heavy atom. The molecule has 0 radical (unpaired) electrons. The average Bonchev–Trinajstić information content (AvgIpc) is 3.56. The number of hydrogen-bond donors (Lipinski definition) is 0. The van der Waals surface area contributed by atoms with Crippen LogP contribution in [0.15, 0.2) is 60.7 Å².